The minimum Gasteiger partial charge on any atom is -0.484 e. The van der Waals surface area contributed by atoms with E-state index in [-0.39, 0.29) is 12.4 Å². The van der Waals surface area contributed by atoms with E-state index in [1.807, 2.05) is 19.1 Å². The van der Waals surface area contributed by atoms with Crippen molar-refractivity contribution in [2.45, 2.75) is 38.7 Å². The Bertz CT molecular complexity index is 1410. The van der Waals surface area contributed by atoms with Crippen LogP contribution in [0.5, 0.6) is 5.75 Å². The minimum absolute atomic E-state index is 0.139. The van der Waals surface area contributed by atoms with Crippen LogP contribution in [0.25, 0.3) is 16.6 Å². The molecule has 0 saturated carbocycles. The van der Waals surface area contributed by atoms with Crippen LogP contribution in [0.2, 0.25) is 0 Å². The van der Waals surface area contributed by atoms with Crippen molar-refractivity contribution in [3.05, 3.63) is 89.4 Å². The number of rotatable bonds is 3. The third kappa shape index (κ3) is 4.22. The molecule has 1 aliphatic rings. The first-order valence-electron chi connectivity index (χ1n) is 11.0. The van der Waals surface area contributed by atoms with Gasteiger partial charge in [0.15, 0.2) is 0 Å². The summed E-state index contributed by atoms with van der Waals surface area (Å²) in [5, 5.41) is 5.11. The van der Waals surface area contributed by atoms with E-state index in [1.165, 1.54) is 12.1 Å². The summed E-state index contributed by atoms with van der Waals surface area (Å²) < 4.78 is 61.0. The van der Waals surface area contributed by atoms with Gasteiger partial charge in [-0.15, -0.1) is 0 Å². The zero-order valence-corrected chi connectivity index (χ0v) is 18.9. The third-order valence-electron chi connectivity index (χ3n) is 6.25. The van der Waals surface area contributed by atoms with Crippen molar-refractivity contribution in [2.75, 3.05) is 0 Å². The zero-order valence-electron chi connectivity index (χ0n) is 18.9. The Labute approximate surface area is 198 Å². The number of halogens is 4. The van der Waals surface area contributed by atoms with Gasteiger partial charge in [0.2, 0.25) is 0 Å². The third-order valence-corrected chi connectivity index (χ3v) is 6.25. The highest BCUT2D eigenvalue weighted by Gasteiger charge is 2.47. The monoisotopic (exact) mass is 483 g/mol. The van der Waals surface area contributed by atoms with E-state index in [2.05, 4.69) is 5.10 Å². The molecule has 0 unspecified atom stereocenters. The van der Waals surface area contributed by atoms with E-state index >= 15 is 0 Å². The van der Waals surface area contributed by atoms with Gasteiger partial charge in [-0.3, -0.25) is 4.79 Å². The standard InChI is InChI=1S/C26H21F4N3O2/c1-15-3-9-22-18(11-15)14-32(25(34)26(28,29)30)16(2)24(22)35-21-8-10-23-17(12-21)13-31-33(23)20-6-4-19(27)5-7-20/h3-13,16,24H,14H2,1-2H3/t16-,24-/m0/s1. The average molecular weight is 483 g/mol. The maximum absolute atomic E-state index is 13.3. The van der Waals surface area contributed by atoms with Crippen LogP contribution in [0.3, 0.4) is 0 Å². The van der Waals surface area contributed by atoms with Gasteiger partial charge in [-0.25, -0.2) is 9.07 Å². The van der Waals surface area contributed by atoms with Crippen LogP contribution in [0.15, 0.2) is 66.9 Å². The van der Waals surface area contributed by atoms with E-state index in [4.69, 9.17) is 4.74 Å². The summed E-state index contributed by atoms with van der Waals surface area (Å²) in [4.78, 5) is 13.0. The molecule has 2 heterocycles. The molecule has 3 aromatic carbocycles. The molecule has 1 aromatic heterocycles. The van der Waals surface area contributed by atoms with Gasteiger partial charge in [0.25, 0.3) is 0 Å². The molecule has 0 saturated heterocycles. The Morgan fingerprint density at radius 2 is 1.80 bits per heavy atom. The molecule has 9 heteroatoms. The largest absolute Gasteiger partial charge is 0.484 e. The Hall–Kier alpha value is -3.88. The second-order valence-corrected chi connectivity index (χ2v) is 8.67. The second kappa shape index (κ2) is 8.41. The number of aromatic nitrogens is 2. The second-order valence-electron chi connectivity index (χ2n) is 8.67. The molecule has 0 radical (unpaired) electrons. The van der Waals surface area contributed by atoms with Crippen molar-refractivity contribution in [3.63, 3.8) is 0 Å². The normalized spacial score (nSPS) is 17.9. The van der Waals surface area contributed by atoms with Gasteiger partial charge < -0.3 is 9.64 Å². The van der Waals surface area contributed by atoms with Crippen molar-refractivity contribution in [2.24, 2.45) is 0 Å². The van der Waals surface area contributed by atoms with E-state index in [0.29, 0.717) is 17.0 Å². The van der Waals surface area contributed by atoms with Crippen molar-refractivity contribution in [3.8, 4) is 11.4 Å². The first kappa shape index (κ1) is 22.9. The predicted molar refractivity (Wildman–Crippen MR) is 122 cm³/mol. The Balaban J connectivity index is 1.49. The van der Waals surface area contributed by atoms with Gasteiger partial charge in [0, 0.05) is 11.9 Å². The number of amides is 1. The zero-order chi connectivity index (χ0) is 24.9. The van der Waals surface area contributed by atoms with Crippen molar-refractivity contribution in [1.82, 2.24) is 14.7 Å². The molecule has 1 amide bonds. The molecule has 5 rings (SSSR count). The number of carbonyl (C=O) groups is 1. The molecule has 0 N–H and O–H groups in total. The fourth-order valence-electron chi connectivity index (χ4n) is 4.50. The molecule has 0 spiro atoms. The summed E-state index contributed by atoms with van der Waals surface area (Å²) in [6, 6.07) is 15.8. The maximum atomic E-state index is 13.3. The van der Waals surface area contributed by atoms with Crippen LogP contribution in [-0.4, -0.2) is 32.8 Å². The summed E-state index contributed by atoms with van der Waals surface area (Å²) in [5.74, 6) is -1.81. The SMILES string of the molecule is Cc1ccc2c(c1)CN(C(=O)C(F)(F)F)[C@@H](C)[C@@H]2Oc1ccc2c(cnn2-c2ccc(F)cc2)c1. The molecule has 35 heavy (non-hydrogen) atoms. The molecule has 5 nitrogen and oxygen atoms in total. The maximum Gasteiger partial charge on any atom is 0.471 e. The number of hydrogen-bond donors (Lipinski definition) is 0. The Morgan fingerprint density at radius 3 is 2.51 bits per heavy atom. The van der Waals surface area contributed by atoms with Crippen molar-refractivity contribution < 1.29 is 27.1 Å². The van der Waals surface area contributed by atoms with Gasteiger partial charge in [0.1, 0.15) is 17.7 Å². The van der Waals surface area contributed by atoms with E-state index < -0.39 is 24.2 Å². The predicted octanol–water partition coefficient (Wildman–Crippen LogP) is 5.89. The molecule has 180 valence electrons. The van der Waals surface area contributed by atoms with E-state index in [1.54, 1.807) is 54.2 Å². The van der Waals surface area contributed by atoms with Gasteiger partial charge in [0.05, 0.1) is 23.4 Å². The smallest absolute Gasteiger partial charge is 0.471 e. The molecule has 4 aromatic rings. The Kier molecular flexibility index (Phi) is 5.50. The summed E-state index contributed by atoms with van der Waals surface area (Å²) in [7, 11) is 0. The number of hydrogen-bond acceptors (Lipinski definition) is 3. The summed E-state index contributed by atoms with van der Waals surface area (Å²) in [6.45, 7) is 3.26. The van der Waals surface area contributed by atoms with Gasteiger partial charge in [-0.05, 0) is 67.4 Å². The van der Waals surface area contributed by atoms with Crippen LogP contribution < -0.4 is 4.74 Å². The van der Waals surface area contributed by atoms with Crippen molar-refractivity contribution >= 4 is 16.8 Å². The van der Waals surface area contributed by atoms with Crippen molar-refractivity contribution in [1.29, 1.82) is 0 Å². The number of fused-ring (bicyclic) bond motifs is 2. The van der Waals surface area contributed by atoms with Gasteiger partial charge >= 0.3 is 12.1 Å². The lowest BCUT2D eigenvalue weighted by molar-refractivity contribution is -0.190. The van der Waals surface area contributed by atoms with Crippen LogP contribution in [0.1, 0.15) is 29.7 Å². The molecule has 0 aliphatic carbocycles. The molecule has 1 aliphatic heterocycles. The highest BCUT2D eigenvalue weighted by molar-refractivity contribution is 5.83. The van der Waals surface area contributed by atoms with E-state index in [0.717, 1.165) is 26.9 Å². The van der Waals surface area contributed by atoms with Gasteiger partial charge in [-0.2, -0.15) is 18.3 Å². The minimum atomic E-state index is -4.98. The fraction of sp³-hybridized carbons (Fsp3) is 0.231. The highest BCUT2D eigenvalue weighted by Crippen LogP contribution is 2.38. The number of alkyl halides is 3. The first-order chi connectivity index (χ1) is 16.6. The lowest BCUT2D eigenvalue weighted by Crippen LogP contribution is -2.51. The molecule has 0 bridgehead atoms. The molecular weight excluding hydrogens is 462 g/mol. The molecule has 0 fully saturated rings. The van der Waals surface area contributed by atoms with Gasteiger partial charge in [-0.1, -0.05) is 23.8 Å². The number of benzene rings is 3. The van der Waals surface area contributed by atoms with E-state index in [9.17, 15) is 22.4 Å². The summed E-state index contributed by atoms with van der Waals surface area (Å²) in [6.07, 6.45) is -4.14. The Morgan fingerprint density at radius 1 is 1.06 bits per heavy atom. The average Bonchev–Trinajstić information content (AvgIpc) is 3.23. The number of ether oxygens (including phenoxy) is 1. The first-order valence-corrected chi connectivity index (χ1v) is 11.0. The molecular formula is C26H21F4N3O2. The van der Waals surface area contributed by atoms with Crippen LogP contribution in [0.4, 0.5) is 17.6 Å². The van der Waals surface area contributed by atoms with Crippen LogP contribution in [-0.2, 0) is 11.3 Å². The topological polar surface area (TPSA) is 47.4 Å². The summed E-state index contributed by atoms with van der Waals surface area (Å²) in [5.41, 5.74) is 3.69. The number of aryl methyl sites for hydroxylation is 1. The van der Waals surface area contributed by atoms with Crippen LogP contribution >= 0.6 is 0 Å². The quantitative estimate of drug-likeness (QED) is 0.342. The lowest BCUT2D eigenvalue weighted by atomic mass is 9.90. The fourth-order valence-corrected chi connectivity index (χ4v) is 4.50. The molecule has 2 atom stereocenters. The highest BCUT2D eigenvalue weighted by atomic mass is 19.4. The summed E-state index contributed by atoms with van der Waals surface area (Å²) >= 11 is 0. The number of carbonyl (C=O) groups excluding carboxylic acids is 1. The van der Waals surface area contributed by atoms with Crippen LogP contribution in [0, 0.1) is 12.7 Å². The lowest BCUT2D eigenvalue weighted by Gasteiger charge is -2.40. The number of nitrogens with zero attached hydrogens (tertiary/aromatic N) is 3.